The van der Waals surface area contributed by atoms with Gasteiger partial charge in [-0.1, -0.05) is 24.3 Å². The van der Waals surface area contributed by atoms with Crippen LogP contribution in [0.5, 0.6) is 11.5 Å². The lowest BCUT2D eigenvalue weighted by Crippen LogP contribution is -2.30. The van der Waals surface area contributed by atoms with E-state index >= 15 is 0 Å². The molecule has 0 aliphatic carbocycles. The van der Waals surface area contributed by atoms with Gasteiger partial charge >= 0.3 is 0 Å². The van der Waals surface area contributed by atoms with Crippen LogP contribution in [0.1, 0.15) is 25.0 Å². The molecular weight excluding hydrogens is 578 g/mol. The molecule has 11 nitrogen and oxygen atoms in total. The average molecular weight is 610 g/mol. The van der Waals surface area contributed by atoms with Crippen LogP contribution >= 0.6 is 10.7 Å². The van der Waals surface area contributed by atoms with Crippen molar-refractivity contribution in [2.75, 3.05) is 14.2 Å². The number of halogens is 1. The maximum absolute atomic E-state index is 13.3. The number of benzene rings is 2. The summed E-state index contributed by atoms with van der Waals surface area (Å²) in [4.78, 5) is 0. The SMILES string of the molecule is CCn1ccc(S(=O)(=O)Cl)n1.CCn1ccc(S(=O)(=O)N(Cc2ccc(OC)cc2)Cc2ccc(OC)cc2)n1. The Hall–Kier alpha value is -3.39. The highest BCUT2D eigenvalue weighted by atomic mass is 35.7. The minimum Gasteiger partial charge on any atom is -0.497 e. The van der Waals surface area contributed by atoms with Crippen LogP contribution in [-0.4, -0.2) is 54.9 Å². The lowest BCUT2D eigenvalue weighted by molar-refractivity contribution is 0.395. The molecule has 0 N–H and O–H groups in total. The number of methoxy groups -OCH3 is 2. The number of aryl methyl sites for hydroxylation is 2. The van der Waals surface area contributed by atoms with Crippen LogP contribution in [0.4, 0.5) is 0 Å². The van der Waals surface area contributed by atoms with Crippen molar-refractivity contribution in [3.63, 3.8) is 0 Å². The normalized spacial score (nSPS) is 11.7. The van der Waals surface area contributed by atoms with Gasteiger partial charge < -0.3 is 9.47 Å². The quantitative estimate of drug-likeness (QED) is 0.232. The second kappa shape index (κ2) is 13.8. The fourth-order valence-corrected chi connectivity index (χ4v) is 5.55. The number of rotatable bonds is 11. The molecule has 2 aromatic carbocycles. The van der Waals surface area contributed by atoms with Crippen LogP contribution in [0.3, 0.4) is 0 Å². The van der Waals surface area contributed by atoms with Crippen molar-refractivity contribution in [3.8, 4) is 11.5 Å². The third-order valence-corrected chi connectivity index (χ3v) is 8.65. The summed E-state index contributed by atoms with van der Waals surface area (Å²) >= 11 is 0. The lowest BCUT2D eigenvalue weighted by Gasteiger charge is -2.21. The van der Waals surface area contributed by atoms with Gasteiger partial charge in [0.1, 0.15) is 11.5 Å². The molecule has 0 radical (unpaired) electrons. The first-order chi connectivity index (χ1) is 19.0. The summed E-state index contributed by atoms with van der Waals surface area (Å²) in [5.74, 6) is 1.44. The molecule has 0 amide bonds. The minimum atomic E-state index is -3.78. The molecule has 0 spiro atoms. The van der Waals surface area contributed by atoms with Crippen molar-refractivity contribution in [3.05, 3.63) is 84.2 Å². The summed E-state index contributed by atoms with van der Waals surface area (Å²) in [6, 6.07) is 17.6. The Kier molecular flexibility index (Phi) is 10.7. The Morgan fingerprint density at radius 1 is 0.700 bits per heavy atom. The molecule has 216 valence electrons. The van der Waals surface area contributed by atoms with Gasteiger partial charge in [-0.15, -0.1) is 0 Å². The van der Waals surface area contributed by atoms with Gasteiger partial charge in [-0.25, -0.2) is 16.8 Å². The van der Waals surface area contributed by atoms with Crippen molar-refractivity contribution in [1.82, 2.24) is 23.9 Å². The van der Waals surface area contributed by atoms with Gasteiger partial charge in [0, 0.05) is 49.3 Å². The van der Waals surface area contributed by atoms with E-state index in [1.54, 1.807) is 31.3 Å². The number of sulfonamides is 1. The number of ether oxygens (including phenoxy) is 2. The third kappa shape index (κ3) is 8.31. The van der Waals surface area contributed by atoms with Crippen LogP contribution in [0.2, 0.25) is 0 Å². The summed E-state index contributed by atoms with van der Waals surface area (Å²) in [7, 11) is 0.788. The molecule has 14 heteroatoms. The molecule has 0 saturated carbocycles. The summed E-state index contributed by atoms with van der Waals surface area (Å²) in [5, 5.41) is 7.85. The van der Waals surface area contributed by atoms with E-state index in [9.17, 15) is 16.8 Å². The molecule has 0 unspecified atom stereocenters. The molecule has 0 aliphatic rings. The summed E-state index contributed by atoms with van der Waals surface area (Å²) in [5.41, 5.74) is 1.72. The average Bonchev–Trinajstić information content (AvgIpc) is 3.64. The predicted molar refractivity (Wildman–Crippen MR) is 151 cm³/mol. The summed E-state index contributed by atoms with van der Waals surface area (Å²) < 4.78 is 62.8. The van der Waals surface area contributed by atoms with Crippen molar-refractivity contribution >= 4 is 29.8 Å². The van der Waals surface area contributed by atoms with Gasteiger partial charge in [0.25, 0.3) is 19.1 Å². The maximum atomic E-state index is 13.3. The zero-order valence-corrected chi connectivity index (χ0v) is 25.0. The number of hydrogen-bond acceptors (Lipinski definition) is 8. The molecule has 0 atom stereocenters. The van der Waals surface area contributed by atoms with Gasteiger partial charge in [-0.05, 0) is 61.4 Å². The highest BCUT2D eigenvalue weighted by Gasteiger charge is 2.27. The van der Waals surface area contributed by atoms with Crippen LogP contribution in [0, 0.1) is 0 Å². The maximum Gasteiger partial charge on any atom is 0.280 e. The van der Waals surface area contributed by atoms with E-state index in [1.165, 1.54) is 21.1 Å². The van der Waals surface area contributed by atoms with Crippen molar-refractivity contribution in [2.24, 2.45) is 0 Å². The highest BCUT2D eigenvalue weighted by Crippen LogP contribution is 2.22. The van der Waals surface area contributed by atoms with Gasteiger partial charge in [0.15, 0.2) is 10.1 Å². The van der Waals surface area contributed by atoms with Crippen molar-refractivity contribution in [1.29, 1.82) is 0 Å². The van der Waals surface area contributed by atoms with Crippen molar-refractivity contribution < 1.29 is 26.3 Å². The first kappa shape index (κ1) is 31.1. The lowest BCUT2D eigenvalue weighted by atomic mass is 10.2. The number of nitrogens with zero attached hydrogens (tertiary/aromatic N) is 5. The Morgan fingerprint density at radius 3 is 1.43 bits per heavy atom. The van der Waals surface area contributed by atoms with E-state index in [0.717, 1.165) is 22.6 Å². The van der Waals surface area contributed by atoms with Gasteiger partial charge in [-0.2, -0.15) is 14.5 Å². The molecule has 40 heavy (non-hydrogen) atoms. The minimum absolute atomic E-state index is 0.0429. The Bertz CT molecular complexity index is 1540. The molecular formula is C26H32ClN5O6S2. The third-order valence-electron chi connectivity index (χ3n) is 5.77. The van der Waals surface area contributed by atoms with E-state index in [0.29, 0.717) is 13.1 Å². The van der Waals surface area contributed by atoms with Crippen LogP contribution < -0.4 is 9.47 Å². The molecule has 0 bridgehead atoms. The molecule has 2 heterocycles. The van der Waals surface area contributed by atoms with Crippen LogP contribution in [0.15, 0.2) is 83.1 Å². The first-order valence-electron chi connectivity index (χ1n) is 12.3. The predicted octanol–water partition coefficient (Wildman–Crippen LogP) is 4.14. The number of aromatic nitrogens is 4. The number of hydrogen-bond donors (Lipinski definition) is 0. The molecule has 4 rings (SSSR count). The van der Waals surface area contributed by atoms with Crippen molar-refractivity contribution in [2.45, 2.75) is 50.1 Å². The second-order valence-corrected chi connectivity index (χ2v) is 12.8. The fourth-order valence-electron chi connectivity index (χ4n) is 3.53. The Morgan fingerprint density at radius 2 is 1.10 bits per heavy atom. The molecule has 4 aromatic rings. The topological polar surface area (TPSA) is 126 Å². The van der Waals surface area contributed by atoms with Gasteiger partial charge in [0.05, 0.1) is 14.2 Å². The fraction of sp³-hybridized carbons (Fsp3) is 0.308. The van der Waals surface area contributed by atoms with Gasteiger partial charge in [-0.3, -0.25) is 9.36 Å². The standard InChI is InChI=1S/C21H25N3O4S.C5H7ClN2O2S/c1-4-23-14-13-21(22-23)29(25,26)24(15-17-5-9-19(27-2)10-6-17)16-18-7-11-20(28-3)12-8-18;1-2-8-4-3-5(7-8)11(6,9)10/h5-14H,4,15-16H2,1-3H3;3-4H,2H2,1H3. The molecule has 0 saturated heterocycles. The smallest absolute Gasteiger partial charge is 0.280 e. The Balaban J connectivity index is 0.000000336. The second-order valence-electron chi connectivity index (χ2n) is 8.43. The summed E-state index contributed by atoms with van der Waals surface area (Å²) in [6.07, 6.45) is 3.24. The van der Waals surface area contributed by atoms with E-state index in [-0.39, 0.29) is 23.1 Å². The monoisotopic (exact) mass is 609 g/mol. The zero-order valence-electron chi connectivity index (χ0n) is 22.6. The largest absolute Gasteiger partial charge is 0.497 e. The molecule has 0 aliphatic heterocycles. The highest BCUT2D eigenvalue weighted by molar-refractivity contribution is 8.13. The zero-order chi connectivity index (χ0) is 29.3. The van der Waals surface area contributed by atoms with Crippen LogP contribution in [0.25, 0.3) is 0 Å². The van der Waals surface area contributed by atoms with Crippen LogP contribution in [-0.2, 0) is 45.3 Å². The Labute approximate surface area is 239 Å². The van der Waals surface area contributed by atoms with Gasteiger partial charge in [0.2, 0.25) is 0 Å². The van der Waals surface area contributed by atoms with E-state index in [2.05, 4.69) is 10.2 Å². The molecule has 0 fully saturated rings. The van der Waals surface area contributed by atoms with E-state index in [1.807, 2.05) is 62.4 Å². The van der Waals surface area contributed by atoms with E-state index in [4.69, 9.17) is 20.2 Å². The van der Waals surface area contributed by atoms with E-state index < -0.39 is 19.1 Å². The first-order valence-corrected chi connectivity index (χ1v) is 16.0. The molecule has 2 aromatic heterocycles. The summed E-state index contributed by atoms with van der Waals surface area (Å²) in [6.45, 7) is 5.45.